The molecule has 0 radical (unpaired) electrons. The maximum Gasteiger partial charge on any atom is 0.332 e. The van der Waals surface area contributed by atoms with E-state index >= 15 is 0 Å². The number of fused-ring (bicyclic) bond motifs is 1. The molecule has 0 bridgehead atoms. The number of hydrogen-bond acceptors (Lipinski definition) is 4. The fourth-order valence-corrected chi connectivity index (χ4v) is 3.45. The molecule has 108 valence electrons. The Morgan fingerprint density at radius 1 is 1.35 bits per heavy atom. The number of ether oxygens (including phenoxy) is 1. The molecule has 5 heteroatoms. The van der Waals surface area contributed by atoms with Crippen LogP contribution in [0.2, 0.25) is 0 Å². The number of carbonyl (C=O) groups excluding carboxylic acids is 2. The van der Waals surface area contributed by atoms with Crippen molar-refractivity contribution in [3.63, 3.8) is 0 Å². The molecule has 0 saturated carbocycles. The van der Waals surface area contributed by atoms with E-state index in [4.69, 9.17) is 4.74 Å². The topological polar surface area (TPSA) is 46.6 Å². The summed E-state index contributed by atoms with van der Waals surface area (Å²) in [6, 6.07) is 7.67. The van der Waals surface area contributed by atoms with E-state index in [2.05, 4.69) is 0 Å². The molecule has 1 atom stereocenters. The molecule has 0 spiro atoms. The number of thioether (sulfide) groups is 1. The summed E-state index contributed by atoms with van der Waals surface area (Å²) in [4.78, 5) is 27.6. The molecule has 0 fully saturated rings. The van der Waals surface area contributed by atoms with Crippen LogP contribution < -0.4 is 4.90 Å². The zero-order valence-electron chi connectivity index (χ0n) is 12.0. The van der Waals surface area contributed by atoms with Crippen molar-refractivity contribution in [2.75, 3.05) is 18.1 Å². The molecule has 1 amide bonds. The second kappa shape index (κ2) is 5.87. The van der Waals surface area contributed by atoms with Gasteiger partial charge in [0, 0.05) is 11.4 Å². The Labute approximate surface area is 123 Å². The lowest BCUT2D eigenvalue weighted by atomic mass is 10.1. The van der Waals surface area contributed by atoms with Gasteiger partial charge in [-0.2, -0.15) is 0 Å². The van der Waals surface area contributed by atoms with Gasteiger partial charge in [-0.3, -0.25) is 4.79 Å². The van der Waals surface area contributed by atoms with Crippen LogP contribution in [0.4, 0.5) is 5.69 Å². The van der Waals surface area contributed by atoms with Crippen molar-refractivity contribution < 1.29 is 14.3 Å². The Bertz CT molecular complexity index is 532. The quantitative estimate of drug-likeness (QED) is 0.632. The van der Waals surface area contributed by atoms with Gasteiger partial charge in [0.2, 0.25) is 0 Å². The molecule has 1 aromatic carbocycles. The smallest absolute Gasteiger partial charge is 0.332 e. The summed E-state index contributed by atoms with van der Waals surface area (Å²) < 4.78 is 3.89. The first kappa shape index (κ1) is 14.9. The molecule has 2 rings (SSSR count). The molecular weight excluding hydrogens is 274 g/mol. The Morgan fingerprint density at radius 3 is 2.70 bits per heavy atom. The average molecular weight is 293 g/mol. The van der Waals surface area contributed by atoms with Gasteiger partial charge in [-0.15, -0.1) is 0 Å². The lowest BCUT2D eigenvalue weighted by molar-refractivity contribution is -0.148. The van der Waals surface area contributed by atoms with E-state index < -0.39 is 10.7 Å². The maximum absolute atomic E-state index is 12.7. The van der Waals surface area contributed by atoms with Gasteiger partial charge in [0.1, 0.15) is 0 Å². The minimum Gasteiger partial charge on any atom is -0.465 e. The molecule has 0 saturated heterocycles. The Kier molecular flexibility index (Phi) is 4.38. The third-order valence-corrected chi connectivity index (χ3v) is 4.55. The second-order valence-corrected chi connectivity index (χ2v) is 6.24. The van der Waals surface area contributed by atoms with E-state index in [1.807, 2.05) is 31.2 Å². The number of hydrogen-bond donors (Lipinski definition) is 0. The van der Waals surface area contributed by atoms with Crippen LogP contribution in [0.15, 0.2) is 29.2 Å². The number of nitrogens with zero attached hydrogens (tertiary/aromatic N) is 1. The maximum atomic E-state index is 12.7. The van der Waals surface area contributed by atoms with Crippen LogP contribution in [0.1, 0.15) is 27.2 Å². The summed E-state index contributed by atoms with van der Waals surface area (Å²) in [6.07, 6.45) is 0.837. The van der Waals surface area contributed by atoms with Gasteiger partial charge in [0.15, 0.2) is 4.75 Å². The number of amides is 1. The van der Waals surface area contributed by atoms with Crippen LogP contribution in [0.5, 0.6) is 0 Å². The first-order chi connectivity index (χ1) is 9.54. The predicted molar refractivity (Wildman–Crippen MR) is 80.0 cm³/mol. The lowest BCUT2D eigenvalue weighted by Gasteiger charge is -2.38. The standard InChI is InChI=1S/C15H19NO3S/c1-4-10-16-11-8-6-7-9-12(11)20-15(3,13(16)17)14(18)19-5-2/h6-9H,4-5,10H2,1-3H3. The van der Waals surface area contributed by atoms with E-state index in [0.717, 1.165) is 17.0 Å². The molecule has 1 heterocycles. The highest BCUT2D eigenvalue weighted by atomic mass is 32.2. The molecule has 4 nitrogen and oxygen atoms in total. The number of carbonyl (C=O) groups is 2. The van der Waals surface area contributed by atoms with E-state index in [-0.39, 0.29) is 12.5 Å². The van der Waals surface area contributed by atoms with Gasteiger partial charge in [-0.05, 0) is 32.4 Å². The van der Waals surface area contributed by atoms with Gasteiger partial charge >= 0.3 is 5.97 Å². The molecule has 20 heavy (non-hydrogen) atoms. The summed E-state index contributed by atoms with van der Waals surface area (Å²) in [6.45, 7) is 6.29. The Balaban J connectivity index is 2.45. The molecule has 0 aromatic heterocycles. The predicted octanol–water partition coefficient (Wildman–Crippen LogP) is 2.86. The van der Waals surface area contributed by atoms with Crippen molar-refractivity contribution in [1.29, 1.82) is 0 Å². The number of anilines is 1. The first-order valence-electron chi connectivity index (χ1n) is 6.81. The normalized spacial score (nSPS) is 21.6. The first-order valence-corrected chi connectivity index (χ1v) is 7.63. The minimum absolute atomic E-state index is 0.193. The zero-order chi connectivity index (χ0) is 14.8. The van der Waals surface area contributed by atoms with Gasteiger partial charge < -0.3 is 9.64 Å². The average Bonchev–Trinajstić information content (AvgIpc) is 2.44. The van der Waals surface area contributed by atoms with Crippen molar-refractivity contribution in [3.05, 3.63) is 24.3 Å². The van der Waals surface area contributed by atoms with Crippen LogP contribution in [0.3, 0.4) is 0 Å². The zero-order valence-corrected chi connectivity index (χ0v) is 12.8. The summed E-state index contributed by atoms with van der Waals surface area (Å²) >= 11 is 1.28. The third-order valence-electron chi connectivity index (χ3n) is 3.24. The van der Waals surface area contributed by atoms with Crippen molar-refractivity contribution >= 4 is 29.3 Å². The fourth-order valence-electron chi connectivity index (χ4n) is 2.24. The molecular formula is C15H19NO3S. The summed E-state index contributed by atoms with van der Waals surface area (Å²) in [7, 11) is 0. The van der Waals surface area contributed by atoms with E-state index in [1.54, 1.807) is 18.7 Å². The second-order valence-electron chi connectivity index (χ2n) is 4.78. The fraction of sp³-hybridized carbons (Fsp3) is 0.467. The Hall–Kier alpha value is -1.49. The van der Waals surface area contributed by atoms with Gasteiger partial charge in [0.05, 0.1) is 12.3 Å². The number of para-hydroxylation sites is 1. The Morgan fingerprint density at radius 2 is 2.05 bits per heavy atom. The van der Waals surface area contributed by atoms with Crippen molar-refractivity contribution in [1.82, 2.24) is 0 Å². The molecule has 1 aliphatic heterocycles. The molecule has 0 aliphatic carbocycles. The number of benzene rings is 1. The highest BCUT2D eigenvalue weighted by Gasteiger charge is 2.50. The minimum atomic E-state index is -1.19. The SMILES string of the molecule is CCCN1C(=O)C(C)(C(=O)OCC)Sc2ccccc21. The van der Waals surface area contributed by atoms with Crippen LogP contribution >= 0.6 is 11.8 Å². The molecule has 1 aromatic rings. The van der Waals surface area contributed by atoms with Crippen molar-refractivity contribution in [2.45, 2.75) is 36.8 Å². The van der Waals surface area contributed by atoms with Crippen molar-refractivity contribution in [2.24, 2.45) is 0 Å². The third kappa shape index (κ3) is 2.42. The van der Waals surface area contributed by atoms with E-state index in [1.165, 1.54) is 11.8 Å². The van der Waals surface area contributed by atoms with E-state index in [0.29, 0.717) is 6.54 Å². The lowest BCUT2D eigenvalue weighted by Crippen LogP contribution is -2.53. The van der Waals surface area contributed by atoms with E-state index in [9.17, 15) is 9.59 Å². The summed E-state index contributed by atoms with van der Waals surface area (Å²) in [5, 5.41) is 0. The molecule has 1 aliphatic rings. The van der Waals surface area contributed by atoms with Gasteiger partial charge in [0.25, 0.3) is 5.91 Å². The number of rotatable bonds is 4. The highest BCUT2D eigenvalue weighted by molar-refractivity contribution is 8.02. The molecule has 0 N–H and O–H groups in total. The summed E-state index contributed by atoms with van der Waals surface area (Å²) in [5.41, 5.74) is 0.881. The number of esters is 1. The summed E-state index contributed by atoms with van der Waals surface area (Å²) in [5.74, 6) is -0.660. The van der Waals surface area contributed by atoms with Crippen LogP contribution in [-0.4, -0.2) is 29.8 Å². The molecule has 1 unspecified atom stereocenters. The van der Waals surface area contributed by atoms with Crippen molar-refractivity contribution in [3.8, 4) is 0 Å². The highest BCUT2D eigenvalue weighted by Crippen LogP contribution is 2.45. The largest absolute Gasteiger partial charge is 0.465 e. The van der Waals surface area contributed by atoms with Gasteiger partial charge in [-0.25, -0.2) is 4.79 Å². The van der Waals surface area contributed by atoms with Crippen LogP contribution in [-0.2, 0) is 14.3 Å². The van der Waals surface area contributed by atoms with Gasteiger partial charge in [-0.1, -0.05) is 30.8 Å². The van der Waals surface area contributed by atoms with Crippen LogP contribution in [0, 0.1) is 0 Å². The monoisotopic (exact) mass is 293 g/mol. The van der Waals surface area contributed by atoms with Crippen LogP contribution in [0.25, 0.3) is 0 Å².